The molecule has 1 fully saturated rings. The standard InChI is InChI=1S/C18H23Cl2N3O5/c1-2-28-18(26)23-8-6-12(7-9-23)21-15(24)10-27-11-16(25)22-14-5-3-4-13(19)17(14)20/h3-5,12H,2,6-11H2,1H3,(H,21,24)(H,22,25). The first kappa shape index (κ1) is 22.3. The van der Waals surface area contributed by atoms with Crippen LogP contribution in [0.5, 0.6) is 0 Å². The van der Waals surface area contributed by atoms with Gasteiger partial charge in [-0.1, -0.05) is 29.3 Å². The maximum Gasteiger partial charge on any atom is 0.409 e. The predicted molar refractivity (Wildman–Crippen MR) is 106 cm³/mol. The average molecular weight is 432 g/mol. The first-order valence-corrected chi connectivity index (χ1v) is 9.69. The number of hydrogen-bond donors (Lipinski definition) is 2. The van der Waals surface area contributed by atoms with Crippen molar-refractivity contribution >= 4 is 46.8 Å². The summed E-state index contributed by atoms with van der Waals surface area (Å²) in [6.45, 7) is 2.60. The summed E-state index contributed by atoms with van der Waals surface area (Å²) in [6, 6.07) is 4.84. The first-order valence-electron chi connectivity index (χ1n) is 8.93. The number of rotatable bonds is 7. The van der Waals surface area contributed by atoms with Crippen molar-refractivity contribution in [1.29, 1.82) is 0 Å². The van der Waals surface area contributed by atoms with Crippen LogP contribution in [-0.4, -0.2) is 61.8 Å². The molecule has 1 aromatic carbocycles. The van der Waals surface area contributed by atoms with E-state index >= 15 is 0 Å². The maximum atomic E-state index is 12.0. The summed E-state index contributed by atoms with van der Waals surface area (Å²) in [5.74, 6) is -0.761. The SMILES string of the molecule is CCOC(=O)N1CCC(NC(=O)COCC(=O)Nc2cccc(Cl)c2Cl)CC1. The van der Waals surface area contributed by atoms with E-state index in [2.05, 4.69) is 10.6 Å². The lowest BCUT2D eigenvalue weighted by molar-refractivity contribution is -0.129. The van der Waals surface area contributed by atoms with Gasteiger partial charge < -0.3 is 25.0 Å². The number of benzene rings is 1. The Labute approximate surface area is 173 Å². The molecule has 1 aromatic rings. The van der Waals surface area contributed by atoms with Gasteiger partial charge >= 0.3 is 6.09 Å². The van der Waals surface area contributed by atoms with Crippen molar-refractivity contribution in [2.75, 3.05) is 38.2 Å². The summed E-state index contributed by atoms with van der Waals surface area (Å²) in [6.07, 6.45) is 0.942. The van der Waals surface area contributed by atoms with Gasteiger partial charge in [-0.25, -0.2) is 4.79 Å². The van der Waals surface area contributed by atoms with Crippen molar-refractivity contribution in [2.45, 2.75) is 25.8 Å². The van der Waals surface area contributed by atoms with Crippen LogP contribution in [0, 0.1) is 0 Å². The summed E-state index contributed by atoms with van der Waals surface area (Å²) < 4.78 is 10.1. The molecular formula is C18H23Cl2N3O5. The van der Waals surface area contributed by atoms with Crippen LogP contribution < -0.4 is 10.6 Å². The van der Waals surface area contributed by atoms with Crippen molar-refractivity contribution in [3.8, 4) is 0 Å². The molecular weight excluding hydrogens is 409 g/mol. The number of hydrogen-bond acceptors (Lipinski definition) is 5. The number of likely N-dealkylation sites (tertiary alicyclic amines) is 1. The van der Waals surface area contributed by atoms with Gasteiger partial charge in [-0.05, 0) is 31.9 Å². The van der Waals surface area contributed by atoms with Crippen LogP contribution in [-0.2, 0) is 19.1 Å². The molecule has 1 aliphatic heterocycles. The lowest BCUT2D eigenvalue weighted by atomic mass is 10.1. The van der Waals surface area contributed by atoms with Gasteiger partial charge in [0, 0.05) is 19.1 Å². The van der Waals surface area contributed by atoms with E-state index in [4.69, 9.17) is 32.7 Å². The van der Waals surface area contributed by atoms with Crippen molar-refractivity contribution in [3.63, 3.8) is 0 Å². The minimum Gasteiger partial charge on any atom is -0.450 e. The lowest BCUT2D eigenvalue weighted by Crippen LogP contribution is -2.47. The normalized spacial score (nSPS) is 14.5. The summed E-state index contributed by atoms with van der Waals surface area (Å²) in [5, 5.41) is 5.98. The lowest BCUT2D eigenvalue weighted by Gasteiger charge is -2.31. The van der Waals surface area contributed by atoms with Crippen molar-refractivity contribution in [3.05, 3.63) is 28.2 Å². The highest BCUT2D eigenvalue weighted by Crippen LogP contribution is 2.29. The molecule has 1 aliphatic rings. The van der Waals surface area contributed by atoms with Crippen molar-refractivity contribution in [2.24, 2.45) is 0 Å². The Hall–Kier alpha value is -2.03. The highest BCUT2D eigenvalue weighted by atomic mass is 35.5. The third kappa shape index (κ3) is 6.85. The molecule has 0 aliphatic carbocycles. The molecule has 10 heteroatoms. The number of nitrogens with zero attached hydrogens (tertiary/aromatic N) is 1. The van der Waals surface area contributed by atoms with Crippen molar-refractivity contribution in [1.82, 2.24) is 10.2 Å². The molecule has 2 N–H and O–H groups in total. The molecule has 0 aromatic heterocycles. The molecule has 0 radical (unpaired) electrons. The highest BCUT2D eigenvalue weighted by molar-refractivity contribution is 6.43. The van der Waals surface area contributed by atoms with Gasteiger partial charge in [0.2, 0.25) is 11.8 Å². The van der Waals surface area contributed by atoms with E-state index < -0.39 is 5.91 Å². The molecule has 8 nitrogen and oxygen atoms in total. The number of piperidine rings is 1. The largest absolute Gasteiger partial charge is 0.450 e. The number of amides is 3. The van der Waals surface area contributed by atoms with Crippen LogP contribution in [0.1, 0.15) is 19.8 Å². The van der Waals surface area contributed by atoms with Gasteiger partial charge in [-0.2, -0.15) is 0 Å². The molecule has 0 atom stereocenters. The van der Waals surface area contributed by atoms with E-state index in [0.29, 0.717) is 43.2 Å². The van der Waals surface area contributed by atoms with Gasteiger partial charge in [-0.15, -0.1) is 0 Å². The Morgan fingerprint density at radius 2 is 1.82 bits per heavy atom. The van der Waals surface area contributed by atoms with E-state index in [9.17, 15) is 14.4 Å². The van der Waals surface area contributed by atoms with E-state index in [0.717, 1.165) is 0 Å². The second-order valence-corrected chi connectivity index (χ2v) is 6.96. The summed E-state index contributed by atoms with van der Waals surface area (Å²) >= 11 is 11.9. The van der Waals surface area contributed by atoms with E-state index in [1.165, 1.54) is 0 Å². The van der Waals surface area contributed by atoms with Gasteiger partial charge in [0.05, 0.1) is 22.3 Å². The van der Waals surface area contributed by atoms with E-state index in [1.807, 2.05) is 0 Å². The molecule has 154 valence electrons. The Bertz CT molecular complexity index is 708. The molecule has 3 amide bonds. The minimum absolute atomic E-state index is 0.0409. The van der Waals surface area contributed by atoms with Crippen LogP contribution in [0.15, 0.2) is 18.2 Å². The average Bonchev–Trinajstić information content (AvgIpc) is 2.66. The molecule has 0 spiro atoms. The Morgan fingerprint density at radius 1 is 1.14 bits per heavy atom. The number of halogens is 2. The third-order valence-corrected chi connectivity index (χ3v) is 4.90. The zero-order valence-electron chi connectivity index (χ0n) is 15.5. The summed E-state index contributed by atoms with van der Waals surface area (Å²) in [4.78, 5) is 37.1. The minimum atomic E-state index is -0.445. The van der Waals surface area contributed by atoms with Crippen LogP contribution in [0.3, 0.4) is 0 Å². The van der Waals surface area contributed by atoms with Gasteiger partial charge in [-0.3, -0.25) is 9.59 Å². The maximum absolute atomic E-state index is 12.0. The Balaban J connectivity index is 1.64. The second-order valence-electron chi connectivity index (χ2n) is 6.17. The molecule has 28 heavy (non-hydrogen) atoms. The molecule has 0 saturated carbocycles. The fraction of sp³-hybridized carbons (Fsp3) is 0.500. The van der Waals surface area contributed by atoms with Crippen LogP contribution in [0.2, 0.25) is 10.0 Å². The fourth-order valence-corrected chi connectivity index (χ4v) is 3.06. The predicted octanol–water partition coefficient (Wildman–Crippen LogP) is 2.69. The quantitative estimate of drug-likeness (QED) is 0.691. The zero-order chi connectivity index (χ0) is 20.5. The first-order chi connectivity index (χ1) is 13.4. The monoisotopic (exact) mass is 431 g/mol. The smallest absolute Gasteiger partial charge is 0.409 e. The highest BCUT2D eigenvalue weighted by Gasteiger charge is 2.24. The Morgan fingerprint density at radius 3 is 2.50 bits per heavy atom. The molecule has 0 unspecified atom stereocenters. The third-order valence-electron chi connectivity index (χ3n) is 4.08. The summed E-state index contributed by atoms with van der Waals surface area (Å²) in [7, 11) is 0. The van der Waals surface area contributed by atoms with Gasteiger partial charge in [0.25, 0.3) is 0 Å². The number of carbonyl (C=O) groups is 3. The zero-order valence-corrected chi connectivity index (χ0v) is 17.0. The molecule has 0 bridgehead atoms. The summed E-state index contributed by atoms with van der Waals surface area (Å²) in [5.41, 5.74) is 0.376. The molecule has 1 heterocycles. The van der Waals surface area contributed by atoms with Gasteiger partial charge in [0.15, 0.2) is 0 Å². The van der Waals surface area contributed by atoms with Crippen LogP contribution >= 0.6 is 23.2 Å². The molecule has 1 saturated heterocycles. The van der Waals surface area contributed by atoms with E-state index in [-0.39, 0.29) is 36.3 Å². The van der Waals surface area contributed by atoms with Crippen LogP contribution in [0.4, 0.5) is 10.5 Å². The second kappa shape index (κ2) is 11.1. The number of anilines is 1. The fourth-order valence-electron chi connectivity index (χ4n) is 2.71. The number of ether oxygens (including phenoxy) is 2. The topological polar surface area (TPSA) is 97.0 Å². The van der Waals surface area contributed by atoms with Crippen molar-refractivity contribution < 1.29 is 23.9 Å². The van der Waals surface area contributed by atoms with Gasteiger partial charge in [0.1, 0.15) is 13.2 Å². The Kier molecular flexibility index (Phi) is 8.82. The number of carbonyl (C=O) groups excluding carboxylic acids is 3. The van der Waals surface area contributed by atoms with Crippen LogP contribution in [0.25, 0.3) is 0 Å². The molecule has 2 rings (SSSR count). The van der Waals surface area contributed by atoms with E-state index in [1.54, 1.807) is 30.0 Å². The number of nitrogens with one attached hydrogen (secondary N) is 2.